The molecule has 83 heavy (non-hydrogen) atoms. The first-order chi connectivity index (χ1) is 38.2. The lowest BCUT2D eigenvalue weighted by Gasteiger charge is -2.50. The highest BCUT2D eigenvalue weighted by atomic mass is 16.7. The van der Waals surface area contributed by atoms with Crippen LogP contribution in [-0.2, 0) is 58.8 Å². The molecule has 2 aliphatic heterocycles. The lowest BCUT2D eigenvalue weighted by Crippen LogP contribution is -2.71. The number of likely N-dealkylation sites (N-methyl/N-ethyl adjacent to an activating group) is 1. The third-order valence-corrected chi connectivity index (χ3v) is 12.1. The van der Waals surface area contributed by atoms with E-state index in [1.165, 1.54) is 44.3 Å². The van der Waals surface area contributed by atoms with Crippen LogP contribution in [0.25, 0.3) is 0 Å². The highest BCUT2D eigenvalue weighted by Crippen LogP contribution is 2.35. The summed E-state index contributed by atoms with van der Waals surface area (Å²) in [5, 5.41) is 73.8. The zero-order chi connectivity index (χ0) is 62.6. The molecule has 1 aliphatic carbocycles. The molecule has 3 aliphatic rings. The number of nitrogens with one attached hydrogen (secondary N) is 6. The van der Waals surface area contributed by atoms with Crippen LogP contribution in [0.15, 0.2) is 36.1 Å². The van der Waals surface area contributed by atoms with Gasteiger partial charge >= 0.3 is 30.5 Å². The molecular weight excluding hydrogens is 1100 g/mol. The molecule has 12 atom stereocenters. The second-order valence-corrected chi connectivity index (χ2v) is 24.4. The zero-order valence-corrected chi connectivity index (χ0v) is 49.4. The van der Waals surface area contributed by atoms with Gasteiger partial charge in [-0.2, -0.15) is 0 Å². The van der Waals surface area contributed by atoms with E-state index in [0.717, 1.165) is 4.90 Å². The van der Waals surface area contributed by atoms with Crippen LogP contribution < -0.4 is 31.9 Å². The predicted octanol–water partition coefficient (Wildman–Crippen LogP) is 2.35. The van der Waals surface area contributed by atoms with Gasteiger partial charge < -0.3 is 99.9 Å². The SMILES string of the molecule is CN(C(=O)OC(C)(C)C)[C@@H]1[C@@H](O)[C@@H](O[C@@H]2[C@@H](O)[C@H](O[C@H]3OC(CNC(=O)OCc4ccc([N+](=O)[O-])cc4)=CC[C@H]3NC(=O)CNC(=O)OC(C)(C)C)[C@@H](NC(=O)OC(C)(C)C)C[C@H]2NC(=O)[C@@H](O)CCNC(=O)OC(C)(C)C)OC[C@]1(C)O. The lowest BCUT2D eigenvalue weighted by atomic mass is 9.82. The lowest BCUT2D eigenvalue weighted by molar-refractivity contribution is -0.384. The average molecular weight is 1190 g/mol. The summed E-state index contributed by atoms with van der Waals surface area (Å²) >= 11 is 0. The number of aliphatic hydroxyl groups is 4. The fourth-order valence-corrected chi connectivity index (χ4v) is 8.62. The van der Waals surface area contributed by atoms with Gasteiger partial charge in [0, 0.05) is 25.7 Å². The number of nitro groups is 1. The van der Waals surface area contributed by atoms with Gasteiger partial charge in [0.15, 0.2) is 6.29 Å². The van der Waals surface area contributed by atoms with Crippen LogP contribution >= 0.6 is 0 Å². The molecule has 0 unspecified atom stereocenters. The number of carbonyl (C=O) groups excluding carboxylic acids is 7. The number of carbonyl (C=O) groups is 7. The van der Waals surface area contributed by atoms with Crippen LogP contribution in [0.3, 0.4) is 0 Å². The number of rotatable bonds is 19. The van der Waals surface area contributed by atoms with Crippen molar-refractivity contribution in [2.75, 3.05) is 33.3 Å². The van der Waals surface area contributed by atoms with Crippen LogP contribution in [0.2, 0.25) is 0 Å². The summed E-state index contributed by atoms with van der Waals surface area (Å²) in [6.45, 7) is 18.6. The Morgan fingerprint density at radius 1 is 0.735 bits per heavy atom. The molecule has 10 N–H and O–H groups in total. The number of ether oxygens (including phenoxy) is 9. The molecule has 0 bridgehead atoms. The van der Waals surface area contributed by atoms with Crippen molar-refractivity contribution >= 4 is 48.0 Å². The van der Waals surface area contributed by atoms with Crippen molar-refractivity contribution in [3.63, 3.8) is 0 Å². The first-order valence-corrected chi connectivity index (χ1v) is 26.9. The van der Waals surface area contributed by atoms with Crippen LogP contribution in [0.1, 0.15) is 115 Å². The fraction of sp³-hybridized carbons (Fsp3) is 0.717. The first kappa shape index (κ1) is 68.7. The van der Waals surface area contributed by atoms with E-state index in [-0.39, 0.29) is 44.0 Å². The first-order valence-electron chi connectivity index (χ1n) is 26.9. The zero-order valence-electron chi connectivity index (χ0n) is 49.4. The molecule has 468 valence electrons. The monoisotopic (exact) mass is 1180 g/mol. The van der Waals surface area contributed by atoms with Crippen molar-refractivity contribution in [2.45, 2.75) is 211 Å². The Balaban J connectivity index is 1.74. The van der Waals surface area contributed by atoms with Crippen LogP contribution in [-0.4, -0.2) is 201 Å². The van der Waals surface area contributed by atoms with Gasteiger partial charge in [-0.25, -0.2) is 24.0 Å². The molecule has 30 nitrogen and oxygen atoms in total. The molecule has 7 amide bonds. The molecule has 1 aromatic carbocycles. The summed E-state index contributed by atoms with van der Waals surface area (Å²) in [5.41, 5.74) is -5.54. The molecule has 1 aromatic rings. The van der Waals surface area contributed by atoms with Crippen molar-refractivity contribution in [3.8, 4) is 0 Å². The molecule has 0 radical (unpaired) electrons. The molecule has 4 rings (SSSR count). The van der Waals surface area contributed by atoms with Gasteiger partial charge in [-0.05, 0) is 133 Å². The molecule has 2 heterocycles. The maximum atomic E-state index is 13.9. The Morgan fingerprint density at radius 2 is 1.28 bits per heavy atom. The van der Waals surface area contributed by atoms with Crippen molar-refractivity contribution in [1.29, 1.82) is 0 Å². The van der Waals surface area contributed by atoms with E-state index in [9.17, 15) is 64.1 Å². The normalized spacial score (nSPS) is 26.0. The van der Waals surface area contributed by atoms with E-state index in [4.69, 9.17) is 42.6 Å². The Kier molecular flexibility index (Phi) is 23.7. The summed E-state index contributed by atoms with van der Waals surface area (Å²) in [5.74, 6) is -1.80. The minimum absolute atomic E-state index is 0.0284. The quantitative estimate of drug-likeness (QED) is 0.0540. The van der Waals surface area contributed by atoms with E-state index in [0.29, 0.717) is 5.56 Å². The summed E-state index contributed by atoms with van der Waals surface area (Å²) in [6.07, 6.45) is -16.8. The van der Waals surface area contributed by atoms with Crippen LogP contribution in [0.4, 0.5) is 29.7 Å². The number of benzene rings is 1. The Labute approximate surface area is 481 Å². The van der Waals surface area contributed by atoms with Gasteiger partial charge in [-0.1, -0.05) is 0 Å². The molecule has 1 saturated carbocycles. The number of hydrogen-bond donors (Lipinski definition) is 10. The van der Waals surface area contributed by atoms with Crippen molar-refractivity contribution in [1.82, 2.24) is 36.8 Å². The highest BCUT2D eigenvalue weighted by molar-refractivity contribution is 5.82. The molecule has 30 heteroatoms. The molecule has 0 aromatic heterocycles. The van der Waals surface area contributed by atoms with E-state index < -0.39 is 162 Å². The minimum Gasteiger partial charge on any atom is -0.465 e. The van der Waals surface area contributed by atoms with Crippen molar-refractivity contribution < 1.29 is 102 Å². The number of hydrogen-bond acceptors (Lipinski definition) is 22. The summed E-state index contributed by atoms with van der Waals surface area (Å²) in [7, 11) is 1.27. The number of alkyl carbamates (subject to hydrolysis) is 4. The largest absolute Gasteiger partial charge is 0.465 e. The summed E-state index contributed by atoms with van der Waals surface area (Å²) in [6, 6.07) is -0.241. The number of aliphatic hydroxyl groups excluding tert-OH is 3. The van der Waals surface area contributed by atoms with Gasteiger partial charge in [-0.15, -0.1) is 0 Å². The van der Waals surface area contributed by atoms with E-state index in [1.807, 2.05) is 0 Å². The van der Waals surface area contributed by atoms with Gasteiger partial charge in [0.25, 0.3) is 5.69 Å². The molecule has 0 spiro atoms. The van der Waals surface area contributed by atoms with Gasteiger partial charge in [0.1, 0.15) is 77.4 Å². The fourth-order valence-electron chi connectivity index (χ4n) is 8.62. The van der Waals surface area contributed by atoms with Crippen LogP contribution in [0.5, 0.6) is 0 Å². The highest BCUT2D eigenvalue weighted by Gasteiger charge is 2.55. The van der Waals surface area contributed by atoms with Crippen molar-refractivity contribution in [2.24, 2.45) is 0 Å². The molecule has 1 saturated heterocycles. The number of non-ortho nitro benzene ring substituents is 1. The van der Waals surface area contributed by atoms with Crippen molar-refractivity contribution in [3.05, 3.63) is 51.8 Å². The average Bonchev–Trinajstić information content (AvgIpc) is 3.43. The van der Waals surface area contributed by atoms with E-state index in [2.05, 4.69) is 31.9 Å². The number of amides is 7. The van der Waals surface area contributed by atoms with Crippen LogP contribution in [0, 0.1) is 10.1 Å². The van der Waals surface area contributed by atoms with E-state index in [1.54, 1.807) is 83.1 Å². The van der Waals surface area contributed by atoms with E-state index >= 15 is 0 Å². The smallest absolute Gasteiger partial charge is 0.410 e. The Morgan fingerprint density at radius 3 is 1.84 bits per heavy atom. The maximum Gasteiger partial charge on any atom is 0.410 e. The Hall–Kier alpha value is -6.83. The van der Waals surface area contributed by atoms with Gasteiger partial charge in [0.05, 0.1) is 42.2 Å². The number of nitro benzene ring substituents is 1. The predicted molar refractivity (Wildman–Crippen MR) is 289 cm³/mol. The van der Waals surface area contributed by atoms with Gasteiger partial charge in [0.2, 0.25) is 18.1 Å². The maximum absolute atomic E-state index is 13.9. The Bertz CT molecular complexity index is 2450. The molecule has 2 fully saturated rings. The topological polar surface area (TPSA) is 402 Å². The third kappa shape index (κ3) is 22.7. The summed E-state index contributed by atoms with van der Waals surface area (Å²) in [4.78, 5) is 104. The second kappa shape index (κ2) is 28.6. The summed E-state index contributed by atoms with van der Waals surface area (Å²) < 4.78 is 51.9. The third-order valence-electron chi connectivity index (χ3n) is 12.1. The minimum atomic E-state index is -2.05. The van der Waals surface area contributed by atoms with Gasteiger partial charge in [-0.3, -0.25) is 19.7 Å². The number of nitrogens with zero attached hydrogens (tertiary/aromatic N) is 2. The molecular formula is C53H84N8O22. The standard InChI is InChI=1S/C53H84N8O22/c1-49(2,3)80-45(68)54-22-21-34(62)41(66)58-32-23-33(59-47(70)82-51(7,8)9)39(36(64)38(32)79-43-37(65)40(53(13,72)27-76-43)60(14)48(71)83-52(10,11)12)78-42-31(57-35(63)25-56-46(69)81-50(4,5)6)20-19-30(77-42)24-55-44(67)75-26-28-15-17-29(18-16-28)61(73)74/h15-19,31-34,36-40,42-43,62,64-65,72H,20-27H2,1-14H3,(H,54,68)(H,55,67)(H,56,69)(H,57,63)(H,58,66)(H,59,70)/t31-,32-,33+,34+,36-,37-,38+,39-,40-,42-,43-,53+/m1/s1. The second-order valence-electron chi connectivity index (χ2n) is 24.4.